The Bertz CT molecular complexity index is 349. The number of methoxy groups -OCH3 is 1. The van der Waals surface area contributed by atoms with Crippen LogP contribution in [0.4, 0.5) is 0 Å². The molecule has 70 valence electrons. The first-order chi connectivity index (χ1) is 6.40. The first kappa shape index (κ1) is 11.3. The minimum absolute atomic E-state index is 0. The van der Waals surface area contributed by atoms with Gasteiger partial charge in [0.1, 0.15) is 5.75 Å². The zero-order valence-corrected chi connectivity index (χ0v) is 9.64. The first-order valence-corrected chi connectivity index (χ1v) is 4.32. The van der Waals surface area contributed by atoms with E-state index in [-0.39, 0.29) is 21.7 Å². The van der Waals surface area contributed by atoms with Crippen molar-refractivity contribution in [1.29, 1.82) is 0 Å². The van der Waals surface area contributed by atoms with Crippen LogP contribution in [-0.4, -0.2) is 7.11 Å². The van der Waals surface area contributed by atoms with E-state index in [2.05, 4.69) is 30.4 Å². The third kappa shape index (κ3) is 2.37. The van der Waals surface area contributed by atoms with Gasteiger partial charge in [0.2, 0.25) is 0 Å². The molecule has 0 atom stereocenters. The standard InChI is InChI=1S/C12H11O.Ti/c1-13-12-8-6-11(7-9-12)10-4-2-3-5-10;/h2,4,6-9H,3H2,1H3;/q-1;. The number of allylic oxidation sites excluding steroid dienone is 4. The van der Waals surface area contributed by atoms with E-state index >= 15 is 0 Å². The van der Waals surface area contributed by atoms with Crippen LogP contribution in [0.15, 0.2) is 36.4 Å². The van der Waals surface area contributed by atoms with Crippen LogP contribution in [0.2, 0.25) is 0 Å². The van der Waals surface area contributed by atoms with Gasteiger partial charge in [-0.2, -0.15) is 17.7 Å². The molecule has 2 rings (SSSR count). The average Bonchev–Trinajstić information content (AvgIpc) is 2.71. The summed E-state index contributed by atoms with van der Waals surface area (Å²) in [7, 11) is 1.68. The summed E-state index contributed by atoms with van der Waals surface area (Å²) < 4.78 is 5.08. The van der Waals surface area contributed by atoms with Crippen LogP contribution in [0.5, 0.6) is 5.75 Å². The Morgan fingerprint density at radius 2 is 1.93 bits per heavy atom. The van der Waals surface area contributed by atoms with E-state index in [0.717, 1.165) is 12.2 Å². The summed E-state index contributed by atoms with van der Waals surface area (Å²) >= 11 is 0. The largest absolute Gasteiger partial charge is 0.497 e. The fourth-order valence-corrected chi connectivity index (χ4v) is 1.37. The molecule has 0 spiro atoms. The Balaban J connectivity index is 0.000000980. The van der Waals surface area contributed by atoms with E-state index in [1.54, 1.807) is 7.11 Å². The molecular weight excluding hydrogens is 208 g/mol. The van der Waals surface area contributed by atoms with Crippen molar-refractivity contribution < 1.29 is 26.5 Å². The van der Waals surface area contributed by atoms with Crippen LogP contribution in [0.1, 0.15) is 12.0 Å². The van der Waals surface area contributed by atoms with E-state index in [1.165, 1.54) is 11.1 Å². The molecule has 1 aliphatic carbocycles. The summed E-state index contributed by atoms with van der Waals surface area (Å²) in [6, 6.07) is 8.04. The van der Waals surface area contributed by atoms with Crippen LogP contribution in [0, 0.1) is 6.08 Å². The Morgan fingerprint density at radius 1 is 1.21 bits per heavy atom. The van der Waals surface area contributed by atoms with Crippen LogP contribution in [0.3, 0.4) is 0 Å². The molecule has 1 nitrogen and oxygen atoms in total. The molecule has 1 aromatic carbocycles. The molecule has 0 saturated carbocycles. The summed E-state index contributed by atoms with van der Waals surface area (Å²) in [4.78, 5) is 0. The predicted molar refractivity (Wildman–Crippen MR) is 53.4 cm³/mol. The molecule has 2 heteroatoms. The minimum Gasteiger partial charge on any atom is -0.497 e. The van der Waals surface area contributed by atoms with Gasteiger partial charge in [-0.15, -0.1) is 23.8 Å². The maximum Gasteiger partial charge on any atom is 0.116 e. The quantitative estimate of drug-likeness (QED) is 0.549. The summed E-state index contributed by atoms with van der Waals surface area (Å²) in [6.07, 6.45) is 8.42. The van der Waals surface area contributed by atoms with Crippen LogP contribution < -0.4 is 4.74 Å². The molecule has 0 saturated heterocycles. The van der Waals surface area contributed by atoms with Crippen molar-refractivity contribution in [2.45, 2.75) is 6.42 Å². The topological polar surface area (TPSA) is 9.23 Å². The summed E-state index contributed by atoms with van der Waals surface area (Å²) in [5.41, 5.74) is 2.39. The smallest absolute Gasteiger partial charge is 0.116 e. The first-order valence-electron chi connectivity index (χ1n) is 4.32. The van der Waals surface area contributed by atoms with Crippen molar-refractivity contribution in [3.8, 4) is 5.75 Å². The molecule has 0 amide bonds. The molecule has 1 aliphatic rings. The summed E-state index contributed by atoms with van der Waals surface area (Å²) in [5.74, 6) is 0.895. The molecule has 14 heavy (non-hydrogen) atoms. The Labute approximate surface area is 99.4 Å². The SMILES string of the molecule is COc1ccc(C2=[C-]CC=C2)cc1.[Ti]. The number of ether oxygens (including phenoxy) is 1. The van der Waals surface area contributed by atoms with Gasteiger partial charge >= 0.3 is 0 Å². The van der Waals surface area contributed by atoms with Gasteiger partial charge in [0.05, 0.1) is 7.11 Å². The molecule has 0 aliphatic heterocycles. The number of benzene rings is 1. The van der Waals surface area contributed by atoms with Crippen molar-refractivity contribution in [3.63, 3.8) is 0 Å². The van der Waals surface area contributed by atoms with Crippen molar-refractivity contribution >= 4 is 5.57 Å². The van der Waals surface area contributed by atoms with Crippen LogP contribution in [0.25, 0.3) is 5.57 Å². The Morgan fingerprint density at radius 3 is 2.43 bits per heavy atom. The molecule has 0 bridgehead atoms. The molecule has 0 N–H and O–H groups in total. The third-order valence-electron chi connectivity index (χ3n) is 2.10. The fourth-order valence-electron chi connectivity index (χ4n) is 1.37. The second-order valence-corrected chi connectivity index (χ2v) is 2.93. The van der Waals surface area contributed by atoms with Gasteiger partial charge in [0.15, 0.2) is 0 Å². The maximum absolute atomic E-state index is 5.08. The monoisotopic (exact) mass is 219 g/mol. The maximum atomic E-state index is 5.08. The zero-order chi connectivity index (χ0) is 9.10. The second-order valence-electron chi connectivity index (χ2n) is 2.93. The average molecular weight is 219 g/mol. The zero-order valence-electron chi connectivity index (χ0n) is 8.08. The van der Waals surface area contributed by atoms with Gasteiger partial charge < -0.3 is 4.74 Å². The Kier molecular flexibility index (Phi) is 4.18. The van der Waals surface area contributed by atoms with Gasteiger partial charge in [0.25, 0.3) is 0 Å². The molecular formula is C12H11OTi-. The van der Waals surface area contributed by atoms with E-state index in [1.807, 2.05) is 12.1 Å². The Hall–Kier alpha value is -0.786. The number of hydrogen-bond donors (Lipinski definition) is 0. The molecule has 0 fully saturated rings. The van der Waals surface area contributed by atoms with Gasteiger partial charge in [0, 0.05) is 21.7 Å². The predicted octanol–water partition coefficient (Wildman–Crippen LogP) is 2.84. The molecule has 0 heterocycles. The van der Waals surface area contributed by atoms with Crippen molar-refractivity contribution in [1.82, 2.24) is 0 Å². The van der Waals surface area contributed by atoms with Crippen LogP contribution in [-0.2, 0) is 21.7 Å². The van der Waals surface area contributed by atoms with Gasteiger partial charge in [-0.05, 0) is 12.1 Å². The fraction of sp³-hybridized carbons (Fsp3) is 0.167. The summed E-state index contributed by atoms with van der Waals surface area (Å²) in [6.45, 7) is 0. The molecule has 1 aromatic rings. The second kappa shape index (κ2) is 5.18. The van der Waals surface area contributed by atoms with Crippen LogP contribution >= 0.6 is 0 Å². The third-order valence-corrected chi connectivity index (χ3v) is 2.10. The van der Waals surface area contributed by atoms with E-state index in [9.17, 15) is 0 Å². The van der Waals surface area contributed by atoms with Crippen molar-refractivity contribution in [2.24, 2.45) is 0 Å². The van der Waals surface area contributed by atoms with Gasteiger partial charge in [-0.25, -0.2) is 0 Å². The summed E-state index contributed by atoms with van der Waals surface area (Å²) in [5, 5.41) is 0. The van der Waals surface area contributed by atoms with Gasteiger partial charge in [-0.1, -0.05) is 6.42 Å². The van der Waals surface area contributed by atoms with Crippen molar-refractivity contribution in [3.05, 3.63) is 48.1 Å². The minimum atomic E-state index is 0. The van der Waals surface area contributed by atoms with Crippen molar-refractivity contribution in [2.75, 3.05) is 7.11 Å². The van der Waals surface area contributed by atoms with E-state index in [0.29, 0.717) is 0 Å². The van der Waals surface area contributed by atoms with E-state index < -0.39 is 0 Å². The molecule has 0 aromatic heterocycles. The number of rotatable bonds is 2. The van der Waals surface area contributed by atoms with E-state index in [4.69, 9.17) is 4.74 Å². The molecule has 0 unspecified atom stereocenters. The van der Waals surface area contributed by atoms with Gasteiger partial charge in [-0.3, -0.25) is 0 Å². The molecule has 0 radical (unpaired) electrons. The number of hydrogen-bond acceptors (Lipinski definition) is 1. The normalized spacial score (nSPS) is 13.4.